The minimum absolute atomic E-state index is 0.141. The lowest BCUT2D eigenvalue weighted by Crippen LogP contribution is -2.15. The minimum Gasteiger partial charge on any atom is -0.310 e. The zero-order chi connectivity index (χ0) is 9.42. The summed E-state index contributed by atoms with van der Waals surface area (Å²) in [6.45, 7) is 1.89. The molecule has 1 amide bonds. The molecule has 0 radical (unpaired) electrons. The van der Waals surface area contributed by atoms with Crippen LogP contribution in [-0.4, -0.2) is 15.9 Å². The first-order chi connectivity index (χ1) is 6.20. The lowest BCUT2D eigenvalue weighted by Gasteiger charge is -1.99. The van der Waals surface area contributed by atoms with E-state index in [1.165, 1.54) is 0 Å². The van der Waals surface area contributed by atoms with Gasteiger partial charge < -0.3 is 10.3 Å². The van der Waals surface area contributed by atoms with E-state index in [0.29, 0.717) is 23.6 Å². The number of nitrogens with zero attached hydrogens (tertiary/aromatic N) is 1. The summed E-state index contributed by atoms with van der Waals surface area (Å²) in [5.41, 5.74) is 0.238. The van der Waals surface area contributed by atoms with Crippen molar-refractivity contribution in [2.45, 2.75) is 19.8 Å². The highest BCUT2D eigenvalue weighted by atomic mass is 16.2. The summed E-state index contributed by atoms with van der Waals surface area (Å²) in [7, 11) is 0. The first-order valence-electron chi connectivity index (χ1n) is 4.12. The maximum Gasteiger partial charge on any atom is 0.256 e. The van der Waals surface area contributed by atoms with Crippen molar-refractivity contribution in [3.63, 3.8) is 0 Å². The van der Waals surface area contributed by atoms with Crippen LogP contribution in [0.4, 0.5) is 5.82 Å². The maximum atomic E-state index is 11.3. The Labute approximate surface area is 74.2 Å². The standard InChI is InChI=1S/C8H9N3O2/c1-2-5-9-7-4(8(13)10-5)3-6(12)11-7/h2-3H2,1H3,(H2,9,10,11,12,13). The molecule has 0 aromatic carbocycles. The van der Waals surface area contributed by atoms with Crippen LogP contribution in [0.5, 0.6) is 0 Å². The fourth-order valence-electron chi connectivity index (χ4n) is 1.32. The Balaban J connectivity index is 2.59. The van der Waals surface area contributed by atoms with Crippen LogP contribution >= 0.6 is 0 Å². The Morgan fingerprint density at radius 3 is 2.92 bits per heavy atom. The van der Waals surface area contributed by atoms with Gasteiger partial charge in [-0.1, -0.05) is 6.92 Å². The van der Waals surface area contributed by atoms with Gasteiger partial charge in [0.15, 0.2) is 0 Å². The van der Waals surface area contributed by atoms with Gasteiger partial charge in [0.25, 0.3) is 5.56 Å². The van der Waals surface area contributed by atoms with Gasteiger partial charge in [-0.05, 0) is 0 Å². The normalized spacial score (nSPS) is 14.1. The Bertz CT molecular complexity index is 422. The average Bonchev–Trinajstić information content (AvgIpc) is 2.46. The van der Waals surface area contributed by atoms with Crippen molar-refractivity contribution < 1.29 is 4.79 Å². The van der Waals surface area contributed by atoms with E-state index in [2.05, 4.69) is 15.3 Å². The van der Waals surface area contributed by atoms with Crippen molar-refractivity contribution in [3.05, 3.63) is 21.7 Å². The van der Waals surface area contributed by atoms with E-state index in [9.17, 15) is 9.59 Å². The Morgan fingerprint density at radius 2 is 2.23 bits per heavy atom. The van der Waals surface area contributed by atoms with Crippen molar-refractivity contribution >= 4 is 11.7 Å². The van der Waals surface area contributed by atoms with E-state index in [1.54, 1.807) is 0 Å². The number of aryl methyl sites for hydroxylation is 1. The third kappa shape index (κ3) is 1.22. The van der Waals surface area contributed by atoms with E-state index in [1.807, 2.05) is 6.92 Å². The molecule has 2 rings (SSSR count). The fourth-order valence-corrected chi connectivity index (χ4v) is 1.32. The molecule has 1 aromatic rings. The molecule has 0 saturated heterocycles. The summed E-state index contributed by atoms with van der Waals surface area (Å²) in [5, 5.41) is 2.54. The van der Waals surface area contributed by atoms with Crippen LogP contribution in [0.2, 0.25) is 0 Å². The van der Waals surface area contributed by atoms with Crippen LogP contribution in [0, 0.1) is 0 Å². The van der Waals surface area contributed by atoms with Crippen LogP contribution < -0.4 is 10.9 Å². The number of hydrogen-bond donors (Lipinski definition) is 2. The number of aromatic nitrogens is 2. The molecular formula is C8H9N3O2. The molecule has 0 saturated carbocycles. The second kappa shape index (κ2) is 2.69. The van der Waals surface area contributed by atoms with Gasteiger partial charge in [0.05, 0.1) is 12.0 Å². The van der Waals surface area contributed by atoms with E-state index >= 15 is 0 Å². The summed E-state index contributed by atoms with van der Waals surface area (Å²) < 4.78 is 0. The highest BCUT2D eigenvalue weighted by Gasteiger charge is 2.22. The van der Waals surface area contributed by atoms with Gasteiger partial charge >= 0.3 is 0 Å². The minimum atomic E-state index is -0.208. The largest absolute Gasteiger partial charge is 0.310 e. The predicted molar refractivity (Wildman–Crippen MR) is 46.6 cm³/mol. The van der Waals surface area contributed by atoms with Crippen LogP contribution in [0.3, 0.4) is 0 Å². The summed E-state index contributed by atoms with van der Waals surface area (Å²) >= 11 is 0. The number of carbonyl (C=O) groups excluding carboxylic acids is 1. The van der Waals surface area contributed by atoms with Gasteiger partial charge in [0.2, 0.25) is 5.91 Å². The van der Waals surface area contributed by atoms with E-state index < -0.39 is 0 Å². The molecule has 5 heteroatoms. The topological polar surface area (TPSA) is 74.8 Å². The van der Waals surface area contributed by atoms with Crippen LogP contribution in [0.1, 0.15) is 18.3 Å². The Morgan fingerprint density at radius 1 is 1.46 bits per heavy atom. The molecule has 0 spiro atoms. The zero-order valence-corrected chi connectivity index (χ0v) is 7.18. The molecule has 1 aromatic heterocycles. The Kier molecular flexibility index (Phi) is 1.65. The molecule has 68 valence electrons. The summed E-state index contributed by atoms with van der Waals surface area (Å²) in [4.78, 5) is 29.0. The monoisotopic (exact) mass is 179 g/mol. The number of anilines is 1. The first-order valence-corrected chi connectivity index (χ1v) is 4.12. The third-order valence-corrected chi connectivity index (χ3v) is 1.99. The number of hydrogen-bond acceptors (Lipinski definition) is 3. The predicted octanol–water partition coefficient (Wildman–Crippen LogP) is -0.173. The highest BCUT2D eigenvalue weighted by molar-refractivity contribution is 5.97. The van der Waals surface area contributed by atoms with Gasteiger partial charge in [0.1, 0.15) is 11.6 Å². The highest BCUT2D eigenvalue weighted by Crippen LogP contribution is 2.15. The Hall–Kier alpha value is -1.65. The van der Waals surface area contributed by atoms with Gasteiger partial charge in [-0.15, -0.1) is 0 Å². The fraction of sp³-hybridized carbons (Fsp3) is 0.375. The number of H-pyrrole nitrogens is 1. The molecule has 0 atom stereocenters. The molecule has 2 heterocycles. The van der Waals surface area contributed by atoms with E-state index in [4.69, 9.17) is 0 Å². The molecule has 13 heavy (non-hydrogen) atoms. The van der Waals surface area contributed by atoms with Crippen LogP contribution in [0.25, 0.3) is 0 Å². The molecule has 0 bridgehead atoms. The SMILES string of the molecule is CCc1nc2c(c(=O)[nH]1)CC(=O)N2. The molecule has 5 nitrogen and oxygen atoms in total. The quantitative estimate of drug-likeness (QED) is 0.628. The van der Waals surface area contributed by atoms with Crippen molar-refractivity contribution in [1.82, 2.24) is 9.97 Å². The average molecular weight is 179 g/mol. The van der Waals surface area contributed by atoms with Gasteiger partial charge in [-0.3, -0.25) is 9.59 Å². The number of aromatic amines is 1. The number of nitrogens with one attached hydrogen (secondary N) is 2. The summed E-state index contributed by atoms with van der Waals surface area (Å²) in [6.07, 6.45) is 0.792. The number of carbonyl (C=O) groups is 1. The van der Waals surface area contributed by atoms with Gasteiger partial charge in [-0.25, -0.2) is 4.98 Å². The number of fused-ring (bicyclic) bond motifs is 1. The molecule has 1 aliphatic heterocycles. The van der Waals surface area contributed by atoms with Gasteiger partial charge in [0, 0.05) is 6.42 Å². The molecule has 1 aliphatic rings. The molecule has 0 unspecified atom stereocenters. The van der Waals surface area contributed by atoms with Crippen LogP contribution in [-0.2, 0) is 17.6 Å². The van der Waals surface area contributed by atoms with Crippen LogP contribution in [0.15, 0.2) is 4.79 Å². The molecule has 0 aliphatic carbocycles. The first kappa shape index (κ1) is 7.97. The zero-order valence-electron chi connectivity index (χ0n) is 7.18. The third-order valence-electron chi connectivity index (χ3n) is 1.99. The maximum absolute atomic E-state index is 11.3. The summed E-state index contributed by atoms with van der Waals surface area (Å²) in [5.74, 6) is 0.859. The number of rotatable bonds is 1. The van der Waals surface area contributed by atoms with Crippen molar-refractivity contribution in [2.24, 2.45) is 0 Å². The molecule has 0 fully saturated rings. The second-order valence-corrected chi connectivity index (χ2v) is 2.92. The summed E-state index contributed by atoms with van der Waals surface area (Å²) in [6, 6.07) is 0. The molecular weight excluding hydrogens is 170 g/mol. The smallest absolute Gasteiger partial charge is 0.256 e. The van der Waals surface area contributed by atoms with Crippen molar-refractivity contribution in [2.75, 3.05) is 5.32 Å². The lowest BCUT2D eigenvalue weighted by atomic mass is 10.2. The van der Waals surface area contributed by atoms with E-state index in [-0.39, 0.29) is 17.9 Å². The van der Waals surface area contributed by atoms with Crippen molar-refractivity contribution in [3.8, 4) is 0 Å². The van der Waals surface area contributed by atoms with Gasteiger partial charge in [-0.2, -0.15) is 0 Å². The molecule has 2 N–H and O–H groups in total. The lowest BCUT2D eigenvalue weighted by molar-refractivity contribution is -0.115. The second-order valence-electron chi connectivity index (χ2n) is 2.92. The number of amides is 1. The van der Waals surface area contributed by atoms with E-state index in [0.717, 1.165) is 0 Å². The van der Waals surface area contributed by atoms with Crippen molar-refractivity contribution in [1.29, 1.82) is 0 Å².